The summed E-state index contributed by atoms with van der Waals surface area (Å²) < 4.78 is 5.44. The number of nitrogens with zero attached hydrogens (tertiary/aromatic N) is 1. The molecule has 128 valence electrons. The third kappa shape index (κ3) is 2.65. The first kappa shape index (κ1) is 16.0. The molecule has 2 aliphatic rings. The quantitative estimate of drug-likeness (QED) is 0.473. The van der Waals surface area contributed by atoms with Crippen molar-refractivity contribution in [3.05, 3.63) is 74.8 Å². The van der Waals surface area contributed by atoms with Gasteiger partial charge in [-0.05, 0) is 35.6 Å². The largest absolute Gasteiger partial charge is 0.494 e. The summed E-state index contributed by atoms with van der Waals surface area (Å²) in [6.45, 7) is 0. The highest BCUT2D eigenvalue weighted by Gasteiger charge is 2.40. The van der Waals surface area contributed by atoms with E-state index < -0.39 is 0 Å². The lowest BCUT2D eigenvalue weighted by Gasteiger charge is -2.38. The van der Waals surface area contributed by atoms with Crippen LogP contribution in [0.25, 0.3) is 0 Å². The maximum atomic E-state index is 11.3. The molecule has 2 aromatic rings. The van der Waals surface area contributed by atoms with Crippen LogP contribution in [0.5, 0.6) is 5.75 Å². The number of anilines is 1. The number of hydrogen-bond donors (Lipinski definition) is 1. The van der Waals surface area contributed by atoms with Crippen LogP contribution in [0.15, 0.2) is 48.6 Å². The number of fused-ring (bicyclic) bond motifs is 3. The second-order valence-corrected chi connectivity index (χ2v) is 6.83. The minimum absolute atomic E-state index is 0.0568. The van der Waals surface area contributed by atoms with Crippen molar-refractivity contribution >= 4 is 23.0 Å². The molecule has 0 radical (unpaired) electrons. The maximum Gasteiger partial charge on any atom is 0.273 e. The Bertz CT molecular complexity index is 864. The number of ether oxygens (including phenoxy) is 1. The lowest BCUT2D eigenvalue weighted by atomic mass is 9.76. The Morgan fingerprint density at radius 3 is 2.72 bits per heavy atom. The molecule has 5 nitrogen and oxygen atoms in total. The van der Waals surface area contributed by atoms with Crippen LogP contribution in [0.2, 0.25) is 5.02 Å². The van der Waals surface area contributed by atoms with E-state index >= 15 is 0 Å². The normalized spacial score (nSPS) is 23.5. The minimum Gasteiger partial charge on any atom is -0.494 e. The Morgan fingerprint density at radius 2 is 2.04 bits per heavy atom. The molecule has 1 N–H and O–H groups in total. The first-order valence-electron chi connectivity index (χ1n) is 8.13. The highest BCUT2D eigenvalue weighted by atomic mass is 35.5. The average Bonchev–Trinajstić information content (AvgIpc) is 3.10. The van der Waals surface area contributed by atoms with Crippen molar-refractivity contribution in [3.8, 4) is 5.75 Å². The Balaban J connectivity index is 1.84. The minimum atomic E-state index is -0.373. The van der Waals surface area contributed by atoms with Crippen LogP contribution in [0.4, 0.5) is 11.4 Å². The predicted octanol–water partition coefficient (Wildman–Crippen LogP) is 5.08. The van der Waals surface area contributed by atoms with E-state index in [4.69, 9.17) is 16.3 Å². The van der Waals surface area contributed by atoms with E-state index in [2.05, 4.69) is 17.5 Å². The van der Waals surface area contributed by atoms with Crippen LogP contribution in [0, 0.1) is 16.0 Å². The SMILES string of the molecule is COc1cc([N+](=O)[O-])cc2c1N[C@@H](c1ccc(Cl)cc1)[C@@H]1CC=C[C@H]21. The molecule has 0 amide bonds. The lowest BCUT2D eigenvalue weighted by Crippen LogP contribution is -2.29. The zero-order chi connectivity index (χ0) is 17.6. The van der Waals surface area contributed by atoms with E-state index in [-0.39, 0.29) is 22.6 Å². The van der Waals surface area contributed by atoms with E-state index in [1.165, 1.54) is 13.2 Å². The van der Waals surface area contributed by atoms with E-state index in [9.17, 15) is 10.1 Å². The molecule has 1 heterocycles. The maximum absolute atomic E-state index is 11.3. The molecule has 0 saturated carbocycles. The fourth-order valence-corrected chi connectivity index (χ4v) is 4.04. The van der Waals surface area contributed by atoms with Crippen molar-refractivity contribution in [1.29, 1.82) is 0 Å². The Morgan fingerprint density at radius 1 is 1.28 bits per heavy atom. The molecule has 0 unspecified atom stereocenters. The van der Waals surface area contributed by atoms with Crippen LogP contribution in [-0.2, 0) is 0 Å². The highest BCUT2D eigenvalue weighted by Crippen LogP contribution is 2.53. The summed E-state index contributed by atoms with van der Waals surface area (Å²) in [6, 6.07) is 11.1. The molecule has 0 bridgehead atoms. The van der Waals surface area contributed by atoms with Gasteiger partial charge in [-0.3, -0.25) is 10.1 Å². The second kappa shape index (κ2) is 6.08. The van der Waals surface area contributed by atoms with Crippen LogP contribution >= 0.6 is 11.6 Å². The molecule has 25 heavy (non-hydrogen) atoms. The molecule has 6 heteroatoms. The number of non-ortho nitro benzene ring substituents is 1. The molecular formula is C19H17ClN2O3. The van der Waals surface area contributed by atoms with Gasteiger partial charge >= 0.3 is 0 Å². The predicted molar refractivity (Wildman–Crippen MR) is 97.5 cm³/mol. The van der Waals surface area contributed by atoms with Crippen LogP contribution in [-0.4, -0.2) is 12.0 Å². The first-order valence-corrected chi connectivity index (χ1v) is 8.51. The van der Waals surface area contributed by atoms with E-state index in [0.717, 1.165) is 23.2 Å². The van der Waals surface area contributed by atoms with Gasteiger partial charge in [0.2, 0.25) is 0 Å². The lowest BCUT2D eigenvalue weighted by molar-refractivity contribution is -0.385. The van der Waals surface area contributed by atoms with Crippen LogP contribution in [0.3, 0.4) is 0 Å². The summed E-state index contributed by atoms with van der Waals surface area (Å²) in [5.74, 6) is 0.938. The molecule has 0 spiro atoms. The van der Waals surface area contributed by atoms with Crippen LogP contribution < -0.4 is 10.1 Å². The van der Waals surface area contributed by atoms with Crippen molar-refractivity contribution in [3.63, 3.8) is 0 Å². The van der Waals surface area contributed by atoms with Gasteiger partial charge in [0, 0.05) is 17.0 Å². The van der Waals surface area contributed by atoms with Gasteiger partial charge in [0.15, 0.2) is 0 Å². The monoisotopic (exact) mass is 356 g/mol. The molecule has 1 aliphatic heterocycles. The summed E-state index contributed by atoms with van der Waals surface area (Å²) in [6.07, 6.45) is 5.23. The Labute approximate surface area is 150 Å². The molecule has 2 aromatic carbocycles. The number of nitro benzene ring substituents is 1. The molecule has 0 aromatic heterocycles. The molecule has 1 aliphatic carbocycles. The Kier molecular flexibility index (Phi) is 3.88. The van der Waals surface area contributed by atoms with Gasteiger partial charge in [-0.2, -0.15) is 0 Å². The van der Waals surface area contributed by atoms with Crippen molar-refractivity contribution in [1.82, 2.24) is 0 Å². The van der Waals surface area contributed by atoms with Crippen LogP contribution in [0.1, 0.15) is 29.5 Å². The third-order valence-electron chi connectivity index (χ3n) is 5.08. The molecule has 0 saturated heterocycles. The second-order valence-electron chi connectivity index (χ2n) is 6.40. The van der Waals surface area contributed by atoms with Gasteiger partial charge in [-0.15, -0.1) is 0 Å². The van der Waals surface area contributed by atoms with Gasteiger partial charge in [-0.1, -0.05) is 35.9 Å². The smallest absolute Gasteiger partial charge is 0.273 e. The summed E-state index contributed by atoms with van der Waals surface area (Å²) in [7, 11) is 1.54. The molecular weight excluding hydrogens is 340 g/mol. The topological polar surface area (TPSA) is 64.4 Å². The van der Waals surface area contributed by atoms with E-state index in [1.807, 2.05) is 24.3 Å². The van der Waals surface area contributed by atoms with Gasteiger partial charge in [-0.25, -0.2) is 0 Å². The summed E-state index contributed by atoms with van der Waals surface area (Å²) >= 11 is 6.02. The summed E-state index contributed by atoms with van der Waals surface area (Å²) in [4.78, 5) is 10.9. The van der Waals surface area contributed by atoms with Gasteiger partial charge in [0.1, 0.15) is 5.75 Å². The first-order chi connectivity index (χ1) is 12.1. The molecule has 4 rings (SSSR count). The number of allylic oxidation sites excluding steroid dienone is 2. The summed E-state index contributed by atoms with van der Waals surface area (Å²) in [5, 5.41) is 15.5. The zero-order valence-corrected chi connectivity index (χ0v) is 14.4. The van der Waals surface area contributed by atoms with E-state index in [0.29, 0.717) is 16.7 Å². The average molecular weight is 357 g/mol. The number of hydrogen-bond acceptors (Lipinski definition) is 4. The van der Waals surface area contributed by atoms with Crippen molar-refractivity contribution < 1.29 is 9.66 Å². The van der Waals surface area contributed by atoms with Crippen molar-refractivity contribution in [2.24, 2.45) is 5.92 Å². The third-order valence-corrected chi connectivity index (χ3v) is 5.33. The fourth-order valence-electron chi connectivity index (χ4n) is 3.92. The number of benzene rings is 2. The number of nitro groups is 1. The number of halogens is 1. The van der Waals surface area contributed by atoms with Crippen molar-refractivity contribution in [2.75, 3.05) is 12.4 Å². The molecule has 3 atom stereocenters. The van der Waals surface area contributed by atoms with Gasteiger partial charge in [0.05, 0.1) is 29.8 Å². The number of nitrogens with one attached hydrogen (secondary N) is 1. The highest BCUT2D eigenvalue weighted by molar-refractivity contribution is 6.30. The fraction of sp³-hybridized carbons (Fsp3) is 0.263. The number of rotatable bonds is 3. The number of methoxy groups -OCH3 is 1. The van der Waals surface area contributed by atoms with Gasteiger partial charge < -0.3 is 10.1 Å². The Hall–Kier alpha value is -2.53. The molecule has 0 fully saturated rings. The van der Waals surface area contributed by atoms with E-state index in [1.54, 1.807) is 6.07 Å². The standard InChI is InChI=1S/C19H17ClN2O3/c1-25-17-10-13(22(23)24)9-16-14-3-2-4-15(14)18(21-19(16)17)11-5-7-12(20)8-6-11/h2-3,5-10,14-15,18,21H,4H2,1H3/t14-,15+,18-/m0/s1. The van der Waals surface area contributed by atoms with Gasteiger partial charge in [0.25, 0.3) is 5.69 Å². The zero-order valence-electron chi connectivity index (χ0n) is 13.6. The summed E-state index contributed by atoms with van der Waals surface area (Å²) in [5.41, 5.74) is 2.96. The van der Waals surface area contributed by atoms with Crippen molar-refractivity contribution in [2.45, 2.75) is 18.4 Å².